The van der Waals surface area contributed by atoms with Gasteiger partial charge < -0.3 is 15.2 Å². The van der Waals surface area contributed by atoms with Gasteiger partial charge in [0.25, 0.3) is 5.56 Å². The van der Waals surface area contributed by atoms with Crippen LogP contribution < -0.4 is 5.56 Å². The molecule has 1 aromatic carbocycles. The Morgan fingerprint density at radius 2 is 2.10 bits per heavy atom. The minimum atomic E-state index is -0.131. The molecule has 6 nitrogen and oxygen atoms in total. The van der Waals surface area contributed by atoms with Crippen molar-refractivity contribution in [1.82, 2.24) is 14.9 Å². The number of rotatable bonds is 2. The highest BCUT2D eigenvalue weighted by molar-refractivity contribution is 7.71. The molecule has 110 valence electrons. The number of hydrogen-bond donors (Lipinski definition) is 4. The Balaban J connectivity index is 1.85. The lowest BCUT2D eigenvalue weighted by atomic mass is 10.1. The Morgan fingerprint density at radius 3 is 2.90 bits per heavy atom. The summed E-state index contributed by atoms with van der Waals surface area (Å²) in [6.45, 7) is 1.75. The molecule has 0 fully saturated rings. The van der Waals surface area contributed by atoms with E-state index in [9.17, 15) is 15.0 Å². The number of para-hydroxylation sites is 1. The molecular weight excluding hydrogens is 290 g/mol. The first-order valence-electron chi connectivity index (χ1n) is 6.61. The van der Waals surface area contributed by atoms with Gasteiger partial charge in [-0.25, -0.2) is 0 Å². The highest BCUT2D eigenvalue weighted by Crippen LogP contribution is 2.29. The molecule has 0 unspecified atom stereocenters. The van der Waals surface area contributed by atoms with Gasteiger partial charge in [0.15, 0.2) is 16.3 Å². The summed E-state index contributed by atoms with van der Waals surface area (Å²) in [5, 5.41) is 19.4. The molecule has 0 atom stereocenters. The summed E-state index contributed by atoms with van der Waals surface area (Å²) >= 11 is 4.99. The van der Waals surface area contributed by atoms with Crippen LogP contribution in [0, 0.1) is 4.77 Å². The molecule has 0 radical (unpaired) electrons. The van der Waals surface area contributed by atoms with Gasteiger partial charge in [-0.2, -0.15) is 0 Å². The molecule has 3 rings (SSSR count). The summed E-state index contributed by atoms with van der Waals surface area (Å²) in [4.78, 5) is 19.5. The van der Waals surface area contributed by atoms with Crippen LogP contribution in [0.5, 0.6) is 11.5 Å². The van der Waals surface area contributed by atoms with Crippen LogP contribution in [-0.4, -0.2) is 31.6 Å². The molecule has 0 spiro atoms. The first kappa shape index (κ1) is 13.8. The van der Waals surface area contributed by atoms with Gasteiger partial charge in [-0.1, -0.05) is 12.1 Å². The molecular formula is C14H15N3O3S. The van der Waals surface area contributed by atoms with Gasteiger partial charge in [-0.15, -0.1) is 0 Å². The molecule has 0 aliphatic carbocycles. The number of benzene rings is 1. The summed E-state index contributed by atoms with van der Waals surface area (Å²) in [6.07, 6.45) is 0.621. The number of nitrogens with one attached hydrogen (secondary N) is 2. The van der Waals surface area contributed by atoms with Crippen LogP contribution in [0.4, 0.5) is 0 Å². The van der Waals surface area contributed by atoms with Crippen molar-refractivity contribution in [2.45, 2.75) is 19.5 Å². The molecule has 1 aliphatic heterocycles. The number of aromatic nitrogens is 2. The van der Waals surface area contributed by atoms with Crippen LogP contribution in [0.3, 0.4) is 0 Å². The molecule has 2 aromatic rings. The molecule has 21 heavy (non-hydrogen) atoms. The van der Waals surface area contributed by atoms with E-state index in [1.807, 2.05) is 0 Å². The van der Waals surface area contributed by atoms with Crippen molar-refractivity contribution < 1.29 is 10.2 Å². The maximum atomic E-state index is 11.8. The zero-order chi connectivity index (χ0) is 15.0. The Labute approximate surface area is 125 Å². The third-order valence-corrected chi connectivity index (χ3v) is 3.89. The molecule has 1 aromatic heterocycles. The van der Waals surface area contributed by atoms with Crippen molar-refractivity contribution in [1.29, 1.82) is 0 Å². The number of H-pyrrole nitrogens is 2. The van der Waals surface area contributed by atoms with Crippen molar-refractivity contribution >= 4 is 12.2 Å². The second-order valence-electron chi connectivity index (χ2n) is 5.11. The van der Waals surface area contributed by atoms with E-state index in [1.54, 1.807) is 12.1 Å². The minimum Gasteiger partial charge on any atom is -0.504 e. The quantitative estimate of drug-likeness (QED) is 0.497. The van der Waals surface area contributed by atoms with E-state index >= 15 is 0 Å². The predicted molar refractivity (Wildman–Crippen MR) is 79.8 cm³/mol. The maximum Gasteiger partial charge on any atom is 0.255 e. The molecule has 0 amide bonds. The fourth-order valence-electron chi connectivity index (χ4n) is 2.61. The van der Waals surface area contributed by atoms with Gasteiger partial charge in [-0.05, 0) is 24.7 Å². The van der Waals surface area contributed by atoms with E-state index in [-0.39, 0.29) is 17.1 Å². The lowest BCUT2D eigenvalue weighted by Gasteiger charge is -2.28. The van der Waals surface area contributed by atoms with Crippen molar-refractivity contribution in [2.75, 3.05) is 6.54 Å². The van der Waals surface area contributed by atoms with Crippen molar-refractivity contribution in [3.8, 4) is 11.5 Å². The van der Waals surface area contributed by atoms with E-state index < -0.39 is 0 Å². The van der Waals surface area contributed by atoms with E-state index in [4.69, 9.17) is 12.2 Å². The molecule has 1 aliphatic rings. The van der Waals surface area contributed by atoms with Gasteiger partial charge in [0.2, 0.25) is 0 Å². The second kappa shape index (κ2) is 5.34. The van der Waals surface area contributed by atoms with Gasteiger partial charge in [-0.3, -0.25) is 14.7 Å². The van der Waals surface area contributed by atoms with Gasteiger partial charge in [0.05, 0.1) is 0 Å². The lowest BCUT2D eigenvalue weighted by molar-refractivity contribution is 0.236. The van der Waals surface area contributed by atoms with Gasteiger partial charge in [0.1, 0.15) is 0 Å². The van der Waals surface area contributed by atoms with Crippen LogP contribution in [0.1, 0.15) is 16.8 Å². The highest BCUT2D eigenvalue weighted by atomic mass is 32.1. The van der Waals surface area contributed by atoms with Crippen molar-refractivity contribution in [3.05, 3.63) is 50.1 Å². The normalized spacial score (nSPS) is 14.9. The number of aromatic hydroxyl groups is 2. The second-order valence-corrected chi connectivity index (χ2v) is 5.52. The summed E-state index contributed by atoms with van der Waals surface area (Å²) in [6, 6.07) is 4.91. The van der Waals surface area contributed by atoms with Crippen LogP contribution >= 0.6 is 12.2 Å². The third-order valence-electron chi connectivity index (χ3n) is 3.68. The van der Waals surface area contributed by atoms with E-state index in [2.05, 4.69) is 14.9 Å². The van der Waals surface area contributed by atoms with Gasteiger partial charge in [0, 0.05) is 36.5 Å². The average molecular weight is 305 g/mol. The first-order chi connectivity index (χ1) is 10.0. The summed E-state index contributed by atoms with van der Waals surface area (Å²) in [5.41, 5.74) is 2.07. The van der Waals surface area contributed by atoms with Gasteiger partial charge >= 0.3 is 0 Å². The summed E-state index contributed by atoms with van der Waals surface area (Å²) in [5.74, 6) is -0.220. The molecule has 0 saturated carbocycles. The standard InChI is InChI=1S/C14H15N3O3S/c18-11-3-1-2-8(12(11)19)6-17-5-4-9-10(7-17)15-14(21)16-13(9)20/h1-3,18-19H,4-7H2,(H2,15,16,20,21). The Kier molecular flexibility index (Phi) is 3.52. The number of nitrogens with zero attached hydrogens (tertiary/aromatic N) is 1. The maximum absolute atomic E-state index is 11.8. The number of phenolic OH excluding ortho intramolecular Hbond substituents is 2. The lowest BCUT2D eigenvalue weighted by Crippen LogP contribution is -2.34. The Hall–Kier alpha value is -2.12. The smallest absolute Gasteiger partial charge is 0.255 e. The molecule has 4 N–H and O–H groups in total. The summed E-state index contributed by atoms with van der Waals surface area (Å²) < 4.78 is 0.320. The van der Waals surface area contributed by atoms with E-state index in [1.165, 1.54) is 6.07 Å². The topological polar surface area (TPSA) is 92.4 Å². The summed E-state index contributed by atoms with van der Waals surface area (Å²) in [7, 11) is 0. The fourth-order valence-corrected chi connectivity index (χ4v) is 2.83. The SMILES string of the molecule is O=c1[nH]c(=S)[nH]c2c1CCN(Cc1cccc(O)c1O)C2. The van der Waals surface area contributed by atoms with E-state index in [0.717, 1.165) is 11.3 Å². The largest absolute Gasteiger partial charge is 0.504 e. The number of hydrogen-bond acceptors (Lipinski definition) is 5. The van der Waals surface area contributed by atoms with Crippen molar-refractivity contribution in [3.63, 3.8) is 0 Å². The van der Waals surface area contributed by atoms with E-state index in [0.29, 0.717) is 36.4 Å². The number of phenols is 2. The number of aromatic amines is 2. The van der Waals surface area contributed by atoms with Crippen LogP contribution in [0.25, 0.3) is 0 Å². The molecule has 7 heteroatoms. The predicted octanol–water partition coefficient (Wildman–Crippen LogP) is 1.40. The Morgan fingerprint density at radius 1 is 1.29 bits per heavy atom. The molecule has 0 bridgehead atoms. The van der Waals surface area contributed by atoms with Crippen LogP contribution in [0.15, 0.2) is 23.0 Å². The number of fused-ring (bicyclic) bond motifs is 1. The highest BCUT2D eigenvalue weighted by Gasteiger charge is 2.20. The van der Waals surface area contributed by atoms with Crippen molar-refractivity contribution in [2.24, 2.45) is 0 Å². The minimum absolute atomic E-state index is 0.0952. The average Bonchev–Trinajstić information content (AvgIpc) is 2.43. The third kappa shape index (κ3) is 2.70. The first-order valence-corrected chi connectivity index (χ1v) is 7.02. The van der Waals surface area contributed by atoms with Crippen LogP contribution in [0.2, 0.25) is 0 Å². The fraction of sp³-hybridized carbons (Fsp3) is 0.286. The molecule has 0 saturated heterocycles. The van der Waals surface area contributed by atoms with Crippen LogP contribution in [-0.2, 0) is 19.5 Å². The molecule has 2 heterocycles. The monoisotopic (exact) mass is 305 g/mol. The Bertz CT molecular complexity index is 797. The zero-order valence-electron chi connectivity index (χ0n) is 11.2. The zero-order valence-corrected chi connectivity index (χ0v) is 12.0.